The van der Waals surface area contributed by atoms with Crippen molar-refractivity contribution in [1.82, 2.24) is 19.0 Å². The van der Waals surface area contributed by atoms with E-state index >= 15 is 0 Å². The lowest BCUT2D eigenvalue weighted by Gasteiger charge is -2.28. The minimum Gasteiger partial charge on any atom is -0.341 e. The van der Waals surface area contributed by atoms with Gasteiger partial charge in [0.15, 0.2) is 5.69 Å². The molecule has 0 radical (unpaired) electrons. The third-order valence-electron chi connectivity index (χ3n) is 4.61. The van der Waals surface area contributed by atoms with E-state index in [1.54, 1.807) is 20.2 Å². The predicted octanol–water partition coefficient (Wildman–Crippen LogP) is 1.94. The first kappa shape index (κ1) is 18.2. The van der Waals surface area contributed by atoms with Gasteiger partial charge in [0.05, 0.1) is 0 Å². The monoisotopic (exact) mass is 368 g/mol. The normalized spacial score (nSPS) is 17.0. The van der Waals surface area contributed by atoms with Gasteiger partial charge >= 0.3 is 6.18 Å². The SMILES string of the molecule is CN(CC1CCc2nc(C(F)(F)F)cn2C1)C(=O)c1ccn(C)c(=O)c1. The lowest BCUT2D eigenvalue weighted by molar-refractivity contribution is -0.141. The Hall–Kier alpha value is -2.58. The minimum absolute atomic E-state index is 0.0262. The molecule has 140 valence electrons. The zero-order valence-electron chi connectivity index (χ0n) is 14.5. The van der Waals surface area contributed by atoms with Crippen LogP contribution in [0.4, 0.5) is 13.2 Å². The summed E-state index contributed by atoms with van der Waals surface area (Å²) in [5, 5.41) is 0. The van der Waals surface area contributed by atoms with E-state index in [9.17, 15) is 22.8 Å². The Balaban J connectivity index is 1.68. The molecule has 0 aromatic carbocycles. The average Bonchev–Trinajstić information content (AvgIpc) is 3.00. The molecular formula is C17H19F3N4O2. The topological polar surface area (TPSA) is 60.1 Å². The summed E-state index contributed by atoms with van der Waals surface area (Å²) in [5.74, 6) is 0.169. The Morgan fingerprint density at radius 2 is 2.15 bits per heavy atom. The van der Waals surface area contributed by atoms with Crippen LogP contribution in [0.5, 0.6) is 0 Å². The molecule has 2 aromatic heterocycles. The first-order valence-corrected chi connectivity index (χ1v) is 8.20. The molecule has 1 aliphatic heterocycles. The highest BCUT2D eigenvalue weighted by atomic mass is 19.4. The fraction of sp³-hybridized carbons (Fsp3) is 0.471. The molecular weight excluding hydrogens is 349 g/mol. The number of carbonyl (C=O) groups excluding carboxylic acids is 1. The van der Waals surface area contributed by atoms with E-state index in [1.165, 1.54) is 26.3 Å². The lowest BCUT2D eigenvalue weighted by atomic mass is 9.98. The van der Waals surface area contributed by atoms with Gasteiger partial charge in [0.25, 0.3) is 11.5 Å². The van der Waals surface area contributed by atoms with Gasteiger partial charge in [0.1, 0.15) is 5.82 Å². The number of aromatic nitrogens is 3. The number of rotatable bonds is 3. The molecule has 1 unspecified atom stereocenters. The molecule has 0 spiro atoms. The number of fused-ring (bicyclic) bond motifs is 1. The van der Waals surface area contributed by atoms with Crippen molar-refractivity contribution >= 4 is 5.91 Å². The van der Waals surface area contributed by atoms with E-state index in [2.05, 4.69) is 4.98 Å². The van der Waals surface area contributed by atoms with Gasteiger partial charge in [-0.3, -0.25) is 9.59 Å². The Labute approximate surface area is 147 Å². The van der Waals surface area contributed by atoms with Crippen LogP contribution in [0.1, 0.15) is 28.3 Å². The highest BCUT2D eigenvalue weighted by molar-refractivity contribution is 5.93. The summed E-state index contributed by atoms with van der Waals surface area (Å²) in [5.41, 5.74) is -0.851. The number of carbonyl (C=O) groups is 1. The number of alkyl halides is 3. The third kappa shape index (κ3) is 3.66. The van der Waals surface area contributed by atoms with Crippen LogP contribution in [0.3, 0.4) is 0 Å². The summed E-state index contributed by atoms with van der Waals surface area (Å²) in [6, 6.07) is 2.86. The highest BCUT2D eigenvalue weighted by Gasteiger charge is 2.36. The Morgan fingerprint density at radius 1 is 1.42 bits per heavy atom. The number of imidazole rings is 1. The molecule has 3 heterocycles. The molecule has 3 rings (SSSR count). The van der Waals surface area contributed by atoms with Crippen LogP contribution in [-0.2, 0) is 26.2 Å². The molecule has 2 aromatic rings. The fourth-order valence-electron chi connectivity index (χ4n) is 3.17. The van der Waals surface area contributed by atoms with Crippen LogP contribution in [-0.4, -0.2) is 38.5 Å². The molecule has 0 saturated heterocycles. The molecule has 9 heteroatoms. The number of halogens is 3. The summed E-state index contributed by atoms with van der Waals surface area (Å²) in [6.45, 7) is 0.777. The highest BCUT2D eigenvalue weighted by Crippen LogP contribution is 2.30. The van der Waals surface area contributed by atoms with Crippen molar-refractivity contribution < 1.29 is 18.0 Å². The zero-order valence-corrected chi connectivity index (χ0v) is 14.5. The molecule has 0 aliphatic carbocycles. The van der Waals surface area contributed by atoms with Gasteiger partial charge in [0.2, 0.25) is 0 Å². The van der Waals surface area contributed by atoms with Gasteiger partial charge in [-0.2, -0.15) is 13.2 Å². The van der Waals surface area contributed by atoms with Crippen LogP contribution >= 0.6 is 0 Å². The number of pyridine rings is 1. The molecule has 0 N–H and O–H groups in total. The minimum atomic E-state index is -4.45. The number of nitrogens with zero attached hydrogens (tertiary/aromatic N) is 4. The summed E-state index contributed by atoms with van der Waals surface area (Å²) in [4.78, 5) is 29.3. The number of hydrogen-bond acceptors (Lipinski definition) is 3. The summed E-state index contributed by atoms with van der Waals surface area (Å²) >= 11 is 0. The number of aryl methyl sites for hydroxylation is 2. The third-order valence-corrected chi connectivity index (χ3v) is 4.61. The van der Waals surface area contributed by atoms with Gasteiger partial charge < -0.3 is 14.0 Å². The second-order valence-corrected chi connectivity index (χ2v) is 6.65. The Bertz CT molecular complexity index is 885. The maximum absolute atomic E-state index is 12.8. The van der Waals surface area contributed by atoms with E-state index < -0.39 is 11.9 Å². The van der Waals surface area contributed by atoms with Crippen molar-refractivity contribution in [3.63, 3.8) is 0 Å². The molecule has 26 heavy (non-hydrogen) atoms. The Morgan fingerprint density at radius 3 is 2.81 bits per heavy atom. The largest absolute Gasteiger partial charge is 0.434 e. The van der Waals surface area contributed by atoms with Crippen molar-refractivity contribution in [3.05, 3.63) is 52.0 Å². The van der Waals surface area contributed by atoms with Crippen molar-refractivity contribution in [2.24, 2.45) is 13.0 Å². The van der Waals surface area contributed by atoms with Gasteiger partial charge in [-0.05, 0) is 18.4 Å². The first-order valence-electron chi connectivity index (χ1n) is 8.20. The molecule has 1 atom stereocenters. The maximum Gasteiger partial charge on any atom is 0.434 e. The van der Waals surface area contributed by atoms with Crippen molar-refractivity contribution in [2.75, 3.05) is 13.6 Å². The second-order valence-electron chi connectivity index (χ2n) is 6.65. The predicted molar refractivity (Wildman–Crippen MR) is 87.7 cm³/mol. The summed E-state index contributed by atoms with van der Waals surface area (Å²) in [6.07, 6.45) is -0.798. The van der Waals surface area contributed by atoms with Crippen LogP contribution in [0.25, 0.3) is 0 Å². The quantitative estimate of drug-likeness (QED) is 0.832. The van der Waals surface area contributed by atoms with E-state index in [1.807, 2.05) is 0 Å². The van der Waals surface area contributed by atoms with Crippen molar-refractivity contribution in [2.45, 2.75) is 25.6 Å². The van der Waals surface area contributed by atoms with E-state index in [-0.39, 0.29) is 17.4 Å². The van der Waals surface area contributed by atoms with Gasteiger partial charge in [-0.25, -0.2) is 4.98 Å². The van der Waals surface area contributed by atoms with Crippen LogP contribution in [0, 0.1) is 5.92 Å². The molecule has 0 fully saturated rings. The summed E-state index contributed by atoms with van der Waals surface area (Å²) < 4.78 is 41.2. The fourth-order valence-corrected chi connectivity index (χ4v) is 3.17. The number of amides is 1. The average molecular weight is 368 g/mol. The molecule has 1 aliphatic rings. The number of hydrogen-bond donors (Lipinski definition) is 0. The maximum atomic E-state index is 12.8. The molecule has 6 nitrogen and oxygen atoms in total. The summed E-state index contributed by atoms with van der Waals surface area (Å²) in [7, 11) is 3.23. The van der Waals surface area contributed by atoms with E-state index in [4.69, 9.17) is 0 Å². The van der Waals surface area contributed by atoms with Crippen LogP contribution < -0.4 is 5.56 Å². The van der Waals surface area contributed by atoms with Gasteiger partial charge in [-0.1, -0.05) is 0 Å². The van der Waals surface area contributed by atoms with E-state index in [0.717, 1.165) is 6.20 Å². The molecule has 0 saturated carbocycles. The van der Waals surface area contributed by atoms with Crippen molar-refractivity contribution in [3.8, 4) is 0 Å². The molecule has 1 amide bonds. The van der Waals surface area contributed by atoms with Crippen molar-refractivity contribution in [1.29, 1.82) is 0 Å². The first-order chi connectivity index (χ1) is 12.1. The van der Waals surface area contributed by atoms with Gasteiger partial charge in [0, 0.05) is 57.6 Å². The standard InChI is InChI=1S/C17H19F3N4O2/c1-22-6-5-12(7-15(22)25)16(26)23(2)8-11-3-4-14-21-13(17(18,19)20)10-24(14)9-11/h5-7,10-11H,3-4,8-9H2,1-2H3. The smallest absolute Gasteiger partial charge is 0.341 e. The van der Waals surface area contributed by atoms with Gasteiger partial charge in [-0.15, -0.1) is 0 Å². The van der Waals surface area contributed by atoms with Crippen LogP contribution in [0.15, 0.2) is 29.3 Å². The van der Waals surface area contributed by atoms with Crippen LogP contribution in [0.2, 0.25) is 0 Å². The molecule has 0 bridgehead atoms. The zero-order chi connectivity index (χ0) is 19.1. The Kier molecular flexibility index (Phi) is 4.64. The second kappa shape index (κ2) is 6.62. The lowest BCUT2D eigenvalue weighted by Crippen LogP contribution is -2.36. The van der Waals surface area contributed by atoms with E-state index in [0.29, 0.717) is 37.3 Å².